The molecule has 3 aromatic rings. The number of amides is 2. The Morgan fingerprint density at radius 3 is 2.49 bits per heavy atom. The third kappa shape index (κ3) is 6.26. The van der Waals surface area contributed by atoms with Crippen LogP contribution in [0.1, 0.15) is 53.5 Å². The van der Waals surface area contributed by atoms with Crippen LogP contribution in [0.5, 0.6) is 0 Å². The van der Waals surface area contributed by atoms with Gasteiger partial charge in [0, 0.05) is 54.8 Å². The molecule has 43 heavy (non-hydrogen) atoms. The molecule has 2 saturated heterocycles. The van der Waals surface area contributed by atoms with Gasteiger partial charge in [-0.15, -0.1) is 5.10 Å². The molecule has 2 aliphatic rings. The van der Waals surface area contributed by atoms with E-state index in [0.29, 0.717) is 19.5 Å². The van der Waals surface area contributed by atoms with Crippen molar-refractivity contribution in [1.29, 1.82) is 0 Å². The summed E-state index contributed by atoms with van der Waals surface area (Å²) in [6.45, 7) is 13.4. The first-order valence-electron chi connectivity index (χ1n) is 14.8. The fourth-order valence-electron chi connectivity index (χ4n) is 6.15. The lowest BCUT2D eigenvalue weighted by atomic mass is 9.92. The van der Waals surface area contributed by atoms with Crippen LogP contribution in [0.3, 0.4) is 0 Å². The van der Waals surface area contributed by atoms with Crippen molar-refractivity contribution in [1.82, 2.24) is 29.7 Å². The van der Waals surface area contributed by atoms with E-state index in [1.165, 1.54) is 16.3 Å². The molecule has 230 valence electrons. The van der Waals surface area contributed by atoms with E-state index in [0.717, 1.165) is 6.54 Å². The van der Waals surface area contributed by atoms with Crippen molar-refractivity contribution in [3.63, 3.8) is 0 Å². The van der Waals surface area contributed by atoms with Crippen LogP contribution in [0.4, 0.5) is 9.18 Å². The zero-order valence-corrected chi connectivity index (χ0v) is 26.4. The smallest absolute Gasteiger partial charge is 0.410 e. The lowest BCUT2D eigenvalue weighted by molar-refractivity contribution is -0.150. The second-order valence-electron chi connectivity index (χ2n) is 12.8. The number of ether oxygens (including phenoxy) is 1. The van der Waals surface area contributed by atoms with Crippen LogP contribution in [0, 0.1) is 5.82 Å². The van der Waals surface area contributed by atoms with Gasteiger partial charge in [0.25, 0.3) is 5.91 Å². The van der Waals surface area contributed by atoms with E-state index < -0.39 is 23.1 Å². The van der Waals surface area contributed by atoms with Gasteiger partial charge in [0.2, 0.25) is 0 Å². The van der Waals surface area contributed by atoms with Crippen LogP contribution in [-0.4, -0.2) is 85.1 Å². The van der Waals surface area contributed by atoms with Gasteiger partial charge in [0.1, 0.15) is 17.1 Å². The molecule has 11 heteroatoms. The van der Waals surface area contributed by atoms with Crippen LogP contribution in [0.25, 0.3) is 11.3 Å². The summed E-state index contributed by atoms with van der Waals surface area (Å²) in [7, 11) is 0. The van der Waals surface area contributed by atoms with Crippen LogP contribution >= 0.6 is 11.6 Å². The number of carbonyl (C=O) groups excluding carboxylic acids is 2. The number of carbonyl (C=O) groups is 2. The molecule has 3 heterocycles. The van der Waals surface area contributed by atoms with Gasteiger partial charge in [-0.1, -0.05) is 47.1 Å². The Morgan fingerprint density at radius 2 is 1.81 bits per heavy atom. The van der Waals surface area contributed by atoms with E-state index in [-0.39, 0.29) is 46.9 Å². The average Bonchev–Trinajstić information content (AvgIpc) is 3.62. The maximum absolute atomic E-state index is 14.8. The molecule has 2 fully saturated rings. The van der Waals surface area contributed by atoms with Gasteiger partial charge in [-0.3, -0.25) is 9.69 Å². The van der Waals surface area contributed by atoms with Crippen molar-refractivity contribution >= 4 is 23.6 Å². The molecule has 0 saturated carbocycles. The first-order valence-corrected chi connectivity index (χ1v) is 15.1. The normalized spacial score (nSPS) is 24.8. The van der Waals surface area contributed by atoms with Crippen LogP contribution < -0.4 is 0 Å². The topological polar surface area (TPSA) is 83.8 Å². The summed E-state index contributed by atoms with van der Waals surface area (Å²) in [5.74, 6) is -0.676. The minimum absolute atomic E-state index is 0.0619. The van der Waals surface area contributed by atoms with Gasteiger partial charge in [-0.25, -0.2) is 13.9 Å². The highest BCUT2D eigenvalue weighted by molar-refractivity contribution is 6.30. The van der Waals surface area contributed by atoms with E-state index >= 15 is 0 Å². The zero-order valence-electron chi connectivity index (χ0n) is 25.6. The molecule has 0 bridgehead atoms. The number of piperazine rings is 1. The molecule has 0 radical (unpaired) electrons. The molecule has 0 N–H and O–H groups in total. The molecule has 4 unspecified atom stereocenters. The van der Waals surface area contributed by atoms with Gasteiger partial charge in [-0.2, -0.15) is 0 Å². The summed E-state index contributed by atoms with van der Waals surface area (Å²) in [5.41, 5.74) is -0.198. The largest absolute Gasteiger partial charge is 0.444 e. The molecular weight excluding hydrogens is 571 g/mol. The summed E-state index contributed by atoms with van der Waals surface area (Å²) in [4.78, 5) is 33.8. The fourth-order valence-corrected chi connectivity index (χ4v) is 6.31. The van der Waals surface area contributed by atoms with E-state index in [1.54, 1.807) is 23.2 Å². The first-order chi connectivity index (χ1) is 20.3. The third-order valence-corrected chi connectivity index (χ3v) is 8.88. The Morgan fingerprint density at radius 1 is 1.09 bits per heavy atom. The third-order valence-electron chi connectivity index (χ3n) is 8.65. The Kier molecular flexibility index (Phi) is 8.55. The van der Waals surface area contributed by atoms with E-state index in [2.05, 4.69) is 48.1 Å². The van der Waals surface area contributed by atoms with E-state index in [4.69, 9.17) is 16.3 Å². The van der Waals surface area contributed by atoms with Gasteiger partial charge in [0.15, 0.2) is 5.54 Å². The van der Waals surface area contributed by atoms with Crippen molar-refractivity contribution in [3.05, 3.63) is 71.1 Å². The number of hydrogen-bond donors (Lipinski definition) is 0. The Bertz CT molecular complexity index is 1480. The number of halogens is 2. The van der Waals surface area contributed by atoms with E-state index in [1.807, 2.05) is 43.9 Å². The molecule has 2 amide bonds. The summed E-state index contributed by atoms with van der Waals surface area (Å²) < 4.78 is 22.0. The summed E-state index contributed by atoms with van der Waals surface area (Å²) in [6.07, 6.45) is 1.41. The van der Waals surface area contributed by atoms with Gasteiger partial charge in [-0.05, 0) is 65.3 Å². The second kappa shape index (κ2) is 11.9. The van der Waals surface area contributed by atoms with Crippen LogP contribution in [-0.2, 0) is 21.6 Å². The fraction of sp³-hybridized carbons (Fsp3) is 0.500. The molecule has 9 nitrogen and oxygen atoms in total. The standard InChI is InChI=1S/C32H40ClFN6O3/c1-21-17-39(23(3)22(2)38(21)18-24-10-8-7-9-11-24)29(41)32(14-15-37(20-32)30(42)43-31(4,5)6)40-19-28(35-36-40)26-13-12-25(33)16-27(26)34/h7-13,16,19,21-23H,14-15,17-18,20H2,1-6H3. The van der Waals surface area contributed by atoms with Crippen molar-refractivity contribution in [2.75, 3.05) is 19.6 Å². The number of likely N-dealkylation sites (tertiary alicyclic amines) is 1. The highest BCUT2D eigenvalue weighted by atomic mass is 35.5. The highest BCUT2D eigenvalue weighted by Crippen LogP contribution is 2.36. The molecule has 5 rings (SSSR count). The predicted molar refractivity (Wildman–Crippen MR) is 163 cm³/mol. The minimum Gasteiger partial charge on any atom is -0.444 e. The maximum atomic E-state index is 14.8. The van der Waals surface area contributed by atoms with Crippen LogP contribution in [0.2, 0.25) is 5.02 Å². The summed E-state index contributed by atoms with van der Waals surface area (Å²) in [5, 5.41) is 8.88. The molecule has 1 aromatic heterocycles. The van der Waals surface area contributed by atoms with Gasteiger partial charge >= 0.3 is 6.09 Å². The molecular formula is C32H40ClFN6O3. The summed E-state index contributed by atoms with van der Waals surface area (Å²) >= 11 is 5.96. The molecule has 2 aromatic carbocycles. The second-order valence-corrected chi connectivity index (χ2v) is 13.2. The zero-order chi connectivity index (χ0) is 31.1. The monoisotopic (exact) mass is 610 g/mol. The Hall–Kier alpha value is -3.50. The van der Waals surface area contributed by atoms with Crippen molar-refractivity contribution < 1.29 is 18.7 Å². The van der Waals surface area contributed by atoms with Crippen LogP contribution in [0.15, 0.2) is 54.7 Å². The Labute approximate surface area is 257 Å². The number of hydrogen-bond acceptors (Lipinski definition) is 6. The predicted octanol–water partition coefficient (Wildman–Crippen LogP) is 5.58. The lowest BCUT2D eigenvalue weighted by Crippen LogP contribution is -2.66. The molecule has 2 aliphatic heterocycles. The number of nitrogens with zero attached hydrogens (tertiary/aromatic N) is 6. The molecule has 0 spiro atoms. The summed E-state index contributed by atoms with van der Waals surface area (Å²) in [6, 6.07) is 14.7. The van der Waals surface area contributed by atoms with Crippen molar-refractivity contribution in [2.45, 2.75) is 83.8 Å². The lowest BCUT2D eigenvalue weighted by Gasteiger charge is -2.50. The van der Waals surface area contributed by atoms with Gasteiger partial charge < -0.3 is 14.5 Å². The van der Waals surface area contributed by atoms with Crippen molar-refractivity contribution in [2.24, 2.45) is 0 Å². The maximum Gasteiger partial charge on any atom is 0.410 e. The van der Waals surface area contributed by atoms with Crippen molar-refractivity contribution in [3.8, 4) is 11.3 Å². The molecule has 0 aliphatic carbocycles. The Balaban J connectivity index is 1.47. The quantitative estimate of drug-likeness (QED) is 0.375. The average molecular weight is 611 g/mol. The number of rotatable bonds is 5. The highest BCUT2D eigenvalue weighted by Gasteiger charge is 2.53. The minimum atomic E-state index is -1.24. The number of benzene rings is 2. The van der Waals surface area contributed by atoms with E-state index in [9.17, 15) is 14.0 Å². The SMILES string of the molecule is CC1C(C)N(Cc2ccccc2)C(C)CN1C(=O)C1(n2cc(-c3ccc(Cl)cc3F)nn2)CCN(C(=O)OC(C)(C)C)C1. The van der Waals surface area contributed by atoms with Gasteiger partial charge in [0.05, 0.1) is 12.7 Å². The number of aromatic nitrogens is 3. The first kappa shape index (κ1) is 30.9. The molecule has 4 atom stereocenters.